The lowest BCUT2D eigenvalue weighted by molar-refractivity contribution is 0.376. The molecule has 2 N–H and O–H groups in total. The van der Waals surface area contributed by atoms with Crippen molar-refractivity contribution in [2.75, 3.05) is 5.73 Å². The predicted molar refractivity (Wildman–Crippen MR) is 74.5 cm³/mol. The summed E-state index contributed by atoms with van der Waals surface area (Å²) in [5.74, 6) is 0.840. The van der Waals surface area contributed by atoms with Gasteiger partial charge >= 0.3 is 0 Å². The van der Waals surface area contributed by atoms with Gasteiger partial charge in [0, 0.05) is 12.0 Å². The van der Waals surface area contributed by atoms with Gasteiger partial charge in [-0.05, 0) is 24.5 Å². The van der Waals surface area contributed by atoms with Crippen molar-refractivity contribution in [1.82, 2.24) is 5.16 Å². The van der Waals surface area contributed by atoms with E-state index in [2.05, 4.69) is 19.0 Å². The van der Waals surface area contributed by atoms with E-state index in [1.165, 1.54) is 6.07 Å². The van der Waals surface area contributed by atoms with E-state index in [-0.39, 0.29) is 11.4 Å². The molecule has 0 spiro atoms. The zero-order valence-corrected chi connectivity index (χ0v) is 11.7. The molecule has 19 heavy (non-hydrogen) atoms. The molecule has 0 radical (unpaired) electrons. The zero-order chi connectivity index (χ0) is 14.0. The lowest BCUT2D eigenvalue weighted by atomic mass is 10.00. The highest BCUT2D eigenvalue weighted by atomic mass is 35.5. The number of anilines is 1. The number of hydrogen-bond donors (Lipinski definition) is 1. The van der Waals surface area contributed by atoms with Crippen LogP contribution in [0.25, 0.3) is 11.1 Å². The van der Waals surface area contributed by atoms with Gasteiger partial charge < -0.3 is 10.3 Å². The van der Waals surface area contributed by atoms with Crippen LogP contribution in [0.4, 0.5) is 10.2 Å². The summed E-state index contributed by atoms with van der Waals surface area (Å²) in [7, 11) is 0. The van der Waals surface area contributed by atoms with E-state index in [0.29, 0.717) is 28.7 Å². The van der Waals surface area contributed by atoms with Crippen molar-refractivity contribution in [2.45, 2.75) is 26.7 Å². The molecule has 1 aromatic heterocycles. The van der Waals surface area contributed by atoms with Gasteiger partial charge in [-0.25, -0.2) is 4.39 Å². The molecule has 2 rings (SSSR count). The highest BCUT2D eigenvalue weighted by molar-refractivity contribution is 6.33. The molecule has 0 saturated carbocycles. The molecule has 0 aliphatic rings. The minimum absolute atomic E-state index is 0.172. The molecule has 0 aliphatic heterocycles. The van der Waals surface area contributed by atoms with Crippen LogP contribution < -0.4 is 5.73 Å². The van der Waals surface area contributed by atoms with E-state index < -0.39 is 5.82 Å². The highest BCUT2D eigenvalue weighted by Crippen LogP contribution is 2.37. The zero-order valence-electron chi connectivity index (χ0n) is 10.9. The normalized spacial score (nSPS) is 11.2. The SMILES string of the molecule is CC(C)CCc1onc(N)c1-c1c(F)cccc1Cl. The maximum Gasteiger partial charge on any atom is 0.175 e. The molecule has 0 fully saturated rings. The summed E-state index contributed by atoms with van der Waals surface area (Å²) in [6.07, 6.45) is 1.57. The quantitative estimate of drug-likeness (QED) is 0.909. The van der Waals surface area contributed by atoms with Crippen molar-refractivity contribution in [1.29, 1.82) is 0 Å². The Morgan fingerprint density at radius 1 is 1.37 bits per heavy atom. The summed E-state index contributed by atoms with van der Waals surface area (Å²) >= 11 is 6.06. The molecule has 1 aromatic carbocycles. The third-order valence-electron chi connectivity index (χ3n) is 2.95. The molecular formula is C14H16ClFN2O. The summed E-state index contributed by atoms with van der Waals surface area (Å²) < 4.78 is 19.2. The van der Waals surface area contributed by atoms with E-state index in [1.54, 1.807) is 12.1 Å². The van der Waals surface area contributed by atoms with Crippen molar-refractivity contribution in [3.8, 4) is 11.1 Å². The number of nitrogens with two attached hydrogens (primary N) is 1. The first-order valence-corrected chi connectivity index (χ1v) is 6.57. The summed E-state index contributed by atoms with van der Waals surface area (Å²) in [4.78, 5) is 0. The second kappa shape index (κ2) is 5.61. The number of halogens is 2. The smallest absolute Gasteiger partial charge is 0.175 e. The van der Waals surface area contributed by atoms with Crippen LogP contribution in [0.5, 0.6) is 0 Å². The Kier molecular flexibility index (Phi) is 4.10. The highest BCUT2D eigenvalue weighted by Gasteiger charge is 2.21. The first kappa shape index (κ1) is 13.9. The van der Waals surface area contributed by atoms with E-state index in [9.17, 15) is 4.39 Å². The van der Waals surface area contributed by atoms with Gasteiger partial charge in [-0.1, -0.05) is 36.7 Å². The van der Waals surface area contributed by atoms with Gasteiger partial charge in [0.25, 0.3) is 0 Å². The number of rotatable bonds is 4. The van der Waals surface area contributed by atoms with Crippen LogP contribution in [0.2, 0.25) is 5.02 Å². The Labute approximate surface area is 116 Å². The molecule has 3 nitrogen and oxygen atoms in total. The molecule has 0 aliphatic carbocycles. The second-order valence-corrected chi connectivity index (χ2v) is 5.30. The van der Waals surface area contributed by atoms with Gasteiger partial charge in [-0.15, -0.1) is 0 Å². The van der Waals surface area contributed by atoms with Gasteiger partial charge in [0.15, 0.2) is 5.82 Å². The molecule has 2 aromatic rings. The average molecular weight is 283 g/mol. The molecule has 0 unspecified atom stereocenters. The molecule has 0 bridgehead atoms. The van der Waals surface area contributed by atoms with Gasteiger partial charge in [0.1, 0.15) is 11.6 Å². The molecule has 102 valence electrons. The van der Waals surface area contributed by atoms with Crippen LogP contribution in [0.1, 0.15) is 26.0 Å². The first-order valence-electron chi connectivity index (χ1n) is 6.19. The Morgan fingerprint density at radius 3 is 2.74 bits per heavy atom. The second-order valence-electron chi connectivity index (χ2n) is 4.90. The largest absolute Gasteiger partial charge is 0.380 e. The van der Waals surface area contributed by atoms with Crippen LogP contribution >= 0.6 is 11.6 Å². The minimum atomic E-state index is -0.423. The van der Waals surface area contributed by atoms with E-state index in [4.69, 9.17) is 21.9 Å². The number of nitrogen functional groups attached to an aromatic ring is 1. The van der Waals surface area contributed by atoms with Crippen molar-refractivity contribution in [2.24, 2.45) is 5.92 Å². The number of benzene rings is 1. The van der Waals surface area contributed by atoms with E-state index in [0.717, 1.165) is 6.42 Å². The third kappa shape index (κ3) is 2.89. The van der Waals surface area contributed by atoms with Crippen molar-refractivity contribution >= 4 is 17.4 Å². The number of nitrogens with zero attached hydrogens (tertiary/aromatic N) is 1. The Morgan fingerprint density at radius 2 is 2.11 bits per heavy atom. The lowest BCUT2D eigenvalue weighted by Gasteiger charge is -2.07. The molecular weight excluding hydrogens is 267 g/mol. The summed E-state index contributed by atoms with van der Waals surface area (Å²) in [5.41, 5.74) is 6.53. The van der Waals surface area contributed by atoms with E-state index in [1.807, 2.05) is 0 Å². The first-order chi connectivity index (χ1) is 9.00. The molecule has 5 heteroatoms. The van der Waals surface area contributed by atoms with Crippen LogP contribution in [0, 0.1) is 11.7 Å². The van der Waals surface area contributed by atoms with Gasteiger partial charge in [-0.3, -0.25) is 0 Å². The summed E-state index contributed by atoms with van der Waals surface area (Å²) in [6, 6.07) is 4.52. The molecule has 0 atom stereocenters. The topological polar surface area (TPSA) is 52.0 Å². The fraction of sp³-hybridized carbons (Fsp3) is 0.357. The minimum Gasteiger partial charge on any atom is -0.380 e. The molecule has 0 amide bonds. The van der Waals surface area contributed by atoms with Crippen molar-refractivity contribution in [3.05, 3.63) is 34.8 Å². The van der Waals surface area contributed by atoms with Crippen LogP contribution in [0.15, 0.2) is 22.7 Å². The fourth-order valence-electron chi connectivity index (χ4n) is 1.93. The monoisotopic (exact) mass is 282 g/mol. The van der Waals surface area contributed by atoms with Crippen LogP contribution in [0.3, 0.4) is 0 Å². The molecule has 1 heterocycles. The van der Waals surface area contributed by atoms with E-state index >= 15 is 0 Å². The van der Waals surface area contributed by atoms with Crippen molar-refractivity contribution < 1.29 is 8.91 Å². The van der Waals surface area contributed by atoms with Crippen LogP contribution in [-0.4, -0.2) is 5.16 Å². The van der Waals surface area contributed by atoms with Crippen LogP contribution in [-0.2, 0) is 6.42 Å². The number of aromatic nitrogens is 1. The molecule has 0 saturated heterocycles. The standard InChI is InChI=1S/C14H16ClFN2O/c1-8(2)6-7-11-13(14(17)18-19-11)12-9(15)4-3-5-10(12)16/h3-5,8H,6-7H2,1-2H3,(H2,17,18). The van der Waals surface area contributed by atoms with Gasteiger partial charge in [-0.2, -0.15) is 0 Å². The third-order valence-corrected chi connectivity index (χ3v) is 3.27. The van der Waals surface area contributed by atoms with Crippen molar-refractivity contribution in [3.63, 3.8) is 0 Å². The van der Waals surface area contributed by atoms with Gasteiger partial charge in [0.2, 0.25) is 0 Å². The maximum atomic E-state index is 14.0. The summed E-state index contributed by atoms with van der Waals surface area (Å²) in [6.45, 7) is 4.21. The van der Waals surface area contributed by atoms with Gasteiger partial charge in [0.05, 0.1) is 10.6 Å². The fourth-order valence-corrected chi connectivity index (χ4v) is 2.19. The predicted octanol–water partition coefficient (Wildman–Crippen LogP) is 4.30. The average Bonchev–Trinajstić information content (AvgIpc) is 2.69. The Balaban J connectivity index is 2.47. The number of aryl methyl sites for hydroxylation is 1. The maximum absolute atomic E-state index is 14.0. The summed E-state index contributed by atoms with van der Waals surface area (Å²) in [5, 5.41) is 4.04. The Hall–Kier alpha value is -1.55. The number of hydrogen-bond acceptors (Lipinski definition) is 3. The Bertz CT molecular complexity index is 561. The lowest BCUT2D eigenvalue weighted by Crippen LogP contribution is -1.96.